The highest BCUT2D eigenvalue weighted by molar-refractivity contribution is 5.93. The highest BCUT2D eigenvalue weighted by Crippen LogP contribution is 2.33. The molecule has 0 aromatic heterocycles. The van der Waals surface area contributed by atoms with Gasteiger partial charge in [0.2, 0.25) is 0 Å². The summed E-state index contributed by atoms with van der Waals surface area (Å²) in [6.45, 7) is 12.7. The molecule has 6 nitrogen and oxygen atoms in total. The largest absolute Gasteiger partial charge is 0.423 e. The molecule has 6 heteroatoms. The topological polar surface area (TPSA) is 107 Å². The predicted octanol–water partition coefficient (Wildman–Crippen LogP) is 3.82. The van der Waals surface area contributed by atoms with E-state index in [1.165, 1.54) is 18.2 Å². The van der Waals surface area contributed by atoms with Gasteiger partial charge in [-0.15, -0.1) is 0 Å². The third-order valence-corrected chi connectivity index (χ3v) is 5.14. The molecule has 0 saturated heterocycles. The minimum absolute atomic E-state index is 0.116. The summed E-state index contributed by atoms with van der Waals surface area (Å²) in [5, 5.41) is 41.8. The molecule has 0 aliphatic heterocycles. The first kappa shape index (κ1) is 25.0. The summed E-state index contributed by atoms with van der Waals surface area (Å²) in [4.78, 5) is 13.1. The lowest BCUT2D eigenvalue weighted by molar-refractivity contribution is 0.0629. The predicted molar refractivity (Wildman–Crippen MR) is 119 cm³/mol. The smallest absolute Gasteiger partial charge is 0.343 e. The second kappa shape index (κ2) is 8.02. The first-order valence-electron chi connectivity index (χ1n) is 10.2. The highest BCUT2D eigenvalue weighted by atomic mass is 16.5. The maximum absolute atomic E-state index is 13.1. The van der Waals surface area contributed by atoms with Gasteiger partial charge >= 0.3 is 5.97 Å². The number of esters is 1. The Hall–Kier alpha value is -2.25. The van der Waals surface area contributed by atoms with Crippen LogP contribution < -0.4 is 4.74 Å². The Morgan fingerprint density at radius 3 is 1.48 bits per heavy atom. The van der Waals surface area contributed by atoms with Crippen molar-refractivity contribution >= 4 is 5.97 Å². The Morgan fingerprint density at radius 1 is 0.645 bits per heavy atom. The number of carbonyl (C=O) groups excluding carboxylic acids is 1. The van der Waals surface area contributed by atoms with Crippen molar-refractivity contribution in [2.45, 2.75) is 77.8 Å². The quantitative estimate of drug-likeness (QED) is 0.410. The lowest BCUT2D eigenvalue weighted by Gasteiger charge is -2.26. The van der Waals surface area contributed by atoms with Crippen LogP contribution in [-0.4, -0.2) is 26.4 Å². The fraction of sp³-hybridized carbons (Fsp3) is 0.480. The molecule has 0 radical (unpaired) electrons. The van der Waals surface area contributed by atoms with Gasteiger partial charge < -0.3 is 25.2 Å². The average molecular weight is 431 g/mol. The SMILES string of the molecule is CC(C)(O)c1cc(OC(=O)c2cc(C(C)(C)O)ccc2C(C)(C)O)cc(C(C)(C)O)c1. The van der Waals surface area contributed by atoms with Gasteiger partial charge in [0.05, 0.1) is 28.0 Å². The van der Waals surface area contributed by atoms with E-state index in [9.17, 15) is 25.2 Å². The van der Waals surface area contributed by atoms with Gasteiger partial charge in [-0.05, 0) is 102 Å². The van der Waals surface area contributed by atoms with Gasteiger partial charge in [0.1, 0.15) is 5.75 Å². The summed E-state index contributed by atoms with van der Waals surface area (Å²) >= 11 is 0. The van der Waals surface area contributed by atoms with Crippen LogP contribution in [0.2, 0.25) is 0 Å². The van der Waals surface area contributed by atoms with Crippen LogP contribution in [0, 0.1) is 0 Å². The van der Waals surface area contributed by atoms with Gasteiger partial charge in [-0.25, -0.2) is 4.79 Å². The van der Waals surface area contributed by atoms with Crippen LogP contribution in [0.15, 0.2) is 36.4 Å². The van der Waals surface area contributed by atoms with Crippen molar-refractivity contribution in [1.29, 1.82) is 0 Å². The van der Waals surface area contributed by atoms with E-state index < -0.39 is 28.4 Å². The Labute approximate surface area is 184 Å². The molecule has 0 saturated carbocycles. The molecule has 0 heterocycles. The number of hydrogen-bond donors (Lipinski definition) is 4. The molecule has 0 aliphatic rings. The molecular weight excluding hydrogens is 396 g/mol. The van der Waals surface area contributed by atoms with E-state index in [-0.39, 0.29) is 11.3 Å². The van der Waals surface area contributed by atoms with Crippen LogP contribution in [0.4, 0.5) is 0 Å². The first-order chi connectivity index (χ1) is 13.8. The Morgan fingerprint density at radius 2 is 1.10 bits per heavy atom. The van der Waals surface area contributed by atoms with Crippen molar-refractivity contribution in [3.05, 3.63) is 64.2 Å². The molecule has 0 unspecified atom stereocenters. The van der Waals surface area contributed by atoms with Crippen molar-refractivity contribution in [3.8, 4) is 5.75 Å². The monoisotopic (exact) mass is 430 g/mol. The Balaban J connectivity index is 2.59. The molecule has 4 N–H and O–H groups in total. The summed E-state index contributed by atoms with van der Waals surface area (Å²) in [7, 11) is 0. The molecule has 2 rings (SSSR count). The maximum Gasteiger partial charge on any atom is 0.343 e. The van der Waals surface area contributed by atoms with Gasteiger partial charge in [0.25, 0.3) is 0 Å². The molecule has 31 heavy (non-hydrogen) atoms. The summed E-state index contributed by atoms with van der Waals surface area (Å²) in [6.07, 6.45) is 0. The van der Waals surface area contributed by atoms with E-state index in [4.69, 9.17) is 4.74 Å². The second-order valence-corrected chi connectivity index (χ2v) is 10.1. The summed E-state index contributed by atoms with van der Waals surface area (Å²) in [6, 6.07) is 9.50. The number of rotatable bonds is 6. The van der Waals surface area contributed by atoms with Gasteiger partial charge in [0.15, 0.2) is 0 Å². The van der Waals surface area contributed by atoms with Crippen LogP contribution in [-0.2, 0) is 22.4 Å². The number of benzene rings is 2. The zero-order valence-electron chi connectivity index (χ0n) is 19.6. The van der Waals surface area contributed by atoms with Crippen LogP contribution in [0.25, 0.3) is 0 Å². The van der Waals surface area contributed by atoms with E-state index in [0.717, 1.165) is 0 Å². The minimum Gasteiger partial charge on any atom is -0.423 e. The van der Waals surface area contributed by atoms with Crippen LogP contribution in [0.5, 0.6) is 5.75 Å². The molecule has 0 fully saturated rings. The zero-order valence-corrected chi connectivity index (χ0v) is 19.6. The molecule has 2 aromatic rings. The molecule has 0 spiro atoms. The molecule has 0 aliphatic carbocycles. The number of hydrogen-bond acceptors (Lipinski definition) is 6. The van der Waals surface area contributed by atoms with E-state index in [1.807, 2.05) is 0 Å². The van der Waals surface area contributed by atoms with E-state index >= 15 is 0 Å². The molecule has 2 aromatic carbocycles. The van der Waals surface area contributed by atoms with E-state index in [1.54, 1.807) is 73.6 Å². The average Bonchev–Trinajstić information content (AvgIpc) is 2.57. The number of ether oxygens (including phenoxy) is 1. The molecular formula is C25H34O6. The standard InChI is InChI=1S/C25H34O6/c1-22(2,27)15-9-10-20(25(7,8)30)19(14-15)21(26)31-18-12-16(23(3,4)28)11-17(13-18)24(5,6)29/h9-14,27-30H,1-8H3. The van der Waals surface area contributed by atoms with E-state index in [0.29, 0.717) is 22.3 Å². The van der Waals surface area contributed by atoms with Gasteiger partial charge in [-0.3, -0.25) is 0 Å². The van der Waals surface area contributed by atoms with Crippen LogP contribution in [0.3, 0.4) is 0 Å². The van der Waals surface area contributed by atoms with Gasteiger partial charge in [-0.2, -0.15) is 0 Å². The summed E-state index contributed by atoms with van der Waals surface area (Å²) < 4.78 is 5.62. The zero-order chi connectivity index (χ0) is 24.0. The molecule has 170 valence electrons. The van der Waals surface area contributed by atoms with Gasteiger partial charge in [-0.1, -0.05) is 12.1 Å². The van der Waals surface area contributed by atoms with Crippen LogP contribution in [0.1, 0.15) is 88.0 Å². The molecule has 0 amide bonds. The normalized spacial score (nSPS) is 13.3. The third-order valence-electron chi connectivity index (χ3n) is 5.14. The highest BCUT2D eigenvalue weighted by Gasteiger charge is 2.29. The van der Waals surface area contributed by atoms with Crippen molar-refractivity contribution in [2.24, 2.45) is 0 Å². The lowest BCUT2D eigenvalue weighted by atomic mass is 9.88. The first-order valence-corrected chi connectivity index (χ1v) is 10.2. The maximum atomic E-state index is 13.1. The van der Waals surface area contributed by atoms with E-state index in [2.05, 4.69) is 0 Å². The summed E-state index contributed by atoms with van der Waals surface area (Å²) in [5.74, 6) is -0.574. The van der Waals surface area contributed by atoms with Crippen LogP contribution >= 0.6 is 0 Å². The second-order valence-electron chi connectivity index (χ2n) is 10.1. The Bertz CT molecular complexity index is 931. The lowest BCUT2D eigenvalue weighted by Crippen LogP contribution is -2.25. The third kappa shape index (κ3) is 6.14. The van der Waals surface area contributed by atoms with Crippen molar-refractivity contribution in [1.82, 2.24) is 0 Å². The number of aliphatic hydroxyl groups is 4. The Kier molecular flexibility index (Phi) is 6.47. The van der Waals surface area contributed by atoms with Crippen molar-refractivity contribution in [3.63, 3.8) is 0 Å². The fourth-order valence-electron chi connectivity index (χ4n) is 3.15. The fourth-order valence-corrected chi connectivity index (χ4v) is 3.15. The number of carbonyl (C=O) groups is 1. The van der Waals surface area contributed by atoms with Gasteiger partial charge in [0, 0.05) is 0 Å². The summed E-state index contributed by atoms with van der Waals surface area (Å²) in [5.41, 5.74) is -3.04. The molecule has 0 atom stereocenters. The molecule has 0 bridgehead atoms. The van der Waals surface area contributed by atoms with Crippen molar-refractivity contribution in [2.75, 3.05) is 0 Å². The van der Waals surface area contributed by atoms with Crippen molar-refractivity contribution < 1.29 is 30.0 Å². The minimum atomic E-state index is -1.32.